The van der Waals surface area contributed by atoms with E-state index in [1.165, 1.54) is 58.0 Å². The molecule has 1 aliphatic carbocycles. The van der Waals surface area contributed by atoms with Gasteiger partial charge in [-0.15, -0.1) is 0 Å². The third kappa shape index (κ3) is 3.91. The van der Waals surface area contributed by atoms with Crippen LogP contribution in [0.1, 0.15) is 69.2 Å². The van der Waals surface area contributed by atoms with E-state index in [9.17, 15) is 4.79 Å². The minimum Gasteiger partial charge on any atom is -0.357 e. The molecule has 3 aliphatic rings. The quantitative estimate of drug-likeness (QED) is 0.792. The molecule has 2 saturated heterocycles. The molecule has 1 spiro atoms. The number of carbonyl (C=O) groups is 1. The van der Waals surface area contributed by atoms with Crippen LogP contribution in [-0.2, 0) is 0 Å². The van der Waals surface area contributed by atoms with Gasteiger partial charge in [0.15, 0.2) is 0 Å². The Morgan fingerprint density at radius 3 is 2.25 bits per heavy atom. The van der Waals surface area contributed by atoms with Gasteiger partial charge in [0, 0.05) is 38.4 Å². The Balaban J connectivity index is 1.31. The monoisotopic (exact) mass is 384 g/mol. The van der Waals surface area contributed by atoms with Crippen molar-refractivity contribution in [2.75, 3.05) is 38.1 Å². The fourth-order valence-electron chi connectivity index (χ4n) is 4.96. The minimum absolute atomic E-state index is 0.0462. The highest BCUT2D eigenvalue weighted by atomic mass is 16.2. The van der Waals surface area contributed by atoms with Crippen LogP contribution in [-0.4, -0.2) is 66.0 Å². The van der Waals surface area contributed by atoms with Crippen molar-refractivity contribution in [1.82, 2.24) is 14.8 Å². The fourth-order valence-corrected chi connectivity index (χ4v) is 4.96. The summed E-state index contributed by atoms with van der Waals surface area (Å²) in [5.74, 6) is 1.07. The average Bonchev–Trinajstić information content (AvgIpc) is 2.68. The normalized spacial score (nSPS) is 23.1. The summed E-state index contributed by atoms with van der Waals surface area (Å²) < 4.78 is 0. The van der Waals surface area contributed by atoms with Crippen LogP contribution in [0.3, 0.4) is 0 Å². The molecule has 28 heavy (non-hydrogen) atoms. The van der Waals surface area contributed by atoms with E-state index >= 15 is 0 Å². The van der Waals surface area contributed by atoms with Gasteiger partial charge >= 0.3 is 0 Å². The Morgan fingerprint density at radius 1 is 1.11 bits per heavy atom. The SMILES string of the molecule is CC(C)N(C)C(=O)c1ccc(N2CCC3(CC2)CCN(C2CCC2)CC3)nc1. The summed E-state index contributed by atoms with van der Waals surface area (Å²) in [7, 11) is 1.85. The fraction of sp³-hybridized carbons (Fsp3) is 0.739. The van der Waals surface area contributed by atoms with E-state index in [0.717, 1.165) is 24.9 Å². The summed E-state index contributed by atoms with van der Waals surface area (Å²) in [5.41, 5.74) is 1.24. The molecular formula is C23H36N4O. The number of anilines is 1. The van der Waals surface area contributed by atoms with Gasteiger partial charge in [0.05, 0.1) is 5.56 Å². The first-order valence-electron chi connectivity index (χ1n) is 11.2. The molecule has 0 aromatic carbocycles. The summed E-state index contributed by atoms with van der Waals surface area (Å²) >= 11 is 0. The largest absolute Gasteiger partial charge is 0.357 e. The van der Waals surface area contributed by atoms with E-state index in [1.807, 2.05) is 33.0 Å². The van der Waals surface area contributed by atoms with Crippen molar-refractivity contribution in [2.45, 2.75) is 70.9 Å². The summed E-state index contributed by atoms with van der Waals surface area (Å²) in [6.07, 6.45) is 11.4. The Morgan fingerprint density at radius 2 is 1.75 bits per heavy atom. The van der Waals surface area contributed by atoms with Gasteiger partial charge in [0.2, 0.25) is 0 Å². The van der Waals surface area contributed by atoms with E-state index in [4.69, 9.17) is 0 Å². The third-order valence-corrected chi connectivity index (χ3v) is 7.69. The average molecular weight is 385 g/mol. The van der Waals surface area contributed by atoms with Crippen LogP contribution in [0, 0.1) is 5.41 Å². The number of nitrogens with zero attached hydrogens (tertiary/aromatic N) is 4. The Labute approximate surface area is 170 Å². The van der Waals surface area contributed by atoms with Crippen molar-refractivity contribution in [1.29, 1.82) is 0 Å². The van der Waals surface area contributed by atoms with Crippen LogP contribution in [0.4, 0.5) is 5.82 Å². The van der Waals surface area contributed by atoms with Gasteiger partial charge in [-0.05, 0) is 83.0 Å². The Bertz CT molecular complexity index is 664. The molecule has 0 atom stereocenters. The molecule has 1 saturated carbocycles. The number of hydrogen-bond acceptors (Lipinski definition) is 4. The lowest BCUT2D eigenvalue weighted by atomic mass is 9.70. The molecular weight excluding hydrogens is 348 g/mol. The molecule has 3 heterocycles. The Hall–Kier alpha value is -1.62. The van der Waals surface area contributed by atoms with Crippen LogP contribution >= 0.6 is 0 Å². The van der Waals surface area contributed by atoms with Crippen molar-refractivity contribution >= 4 is 11.7 Å². The molecule has 154 valence electrons. The van der Waals surface area contributed by atoms with Gasteiger partial charge in [-0.25, -0.2) is 4.98 Å². The molecule has 0 unspecified atom stereocenters. The number of amides is 1. The van der Waals surface area contributed by atoms with Gasteiger partial charge < -0.3 is 14.7 Å². The van der Waals surface area contributed by atoms with E-state index in [1.54, 1.807) is 11.1 Å². The number of piperidine rings is 2. The van der Waals surface area contributed by atoms with Crippen LogP contribution in [0.5, 0.6) is 0 Å². The maximum absolute atomic E-state index is 12.4. The smallest absolute Gasteiger partial charge is 0.255 e. The number of carbonyl (C=O) groups excluding carboxylic acids is 1. The predicted octanol–water partition coefficient (Wildman–Crippen LogP) is 3.80. The lowest BCUT2D eigenvalue weighted by molar-refractivity contribution is 0.0305. The molecule has 0 radical (unpaired) electrons. The molecule has 5 heteroatoms. The summed E-state index contributed by atoms with van der Waals surface area (Å²) in [6.45, 7) is 8.86. The van der Waals surface area contributed by atoms with Crippen molar-refractivity contribution in [3.8, 4) is 0 Å². The highest BCUT2D eigenvalue weighted by Gasteiger charge is 2.39. The second kappa shape index (κ2) is 8.02. The zero-order valence-corrected chi connectivity index (χ0v) is 17.9. The first kappa shape index (κ1) is 19.7. The molecule has 0 bridgehead atoms. The number of rotatable bonds is 4. The molecule has 0 N–H and O–H groups in total. The summed E-state index contributed by atoms with van der Waals surface area (Å²) in [4.78, 5) is 24.0. The van der Waals surface area contributed by atoms with E-state index in [2.05, 4.69) is 14.8 Å². The maximum Gasteiger partial charge on any atom is 0.255 e. The zero-order valence-electron chi connectivity index (χ0n) is 17.9. The van der Waals surface area contributed by atoms with Gasteiger partial charge in [0.1, 0.15) is 5.82 Å². The molecule has 1 aromatic heterocycles. The van der Waals surface area contributed by atoms with Crippen molar-refractivity contribution in [3.63, 3.8) is 0 Å². The molecule has 4 rings (SSSR count). The number of hydrogen-bond donors (Lipinski definition) is 0. The van der Waals surface area contributed by atoms with Gasteiger partial charge in [0.25, 0.3) is 5.91 Å². The lowest BCUT2D eigenvalue weighted by Crippen LogP contribution is -2.51. The Kier molecular flexibility index (Phi) is 5.64. The molecule has 1 amide bonds. The lowest BCUT2D eigenvalue weighted by Gasteiger charge is -2.50. The minimum atomic E-state index is 0.0462. The van der Waals surface area contributed by atoms with Crippen LogP contribution in [0.15, 0.2) is 18.3 Å². The first-order valence-corrected chi connectivity index (χ1v) is 11.2. The van der Waals surface area contributed by atoms with E-state index in [0.29, 0.717) is 11.0 Å². The maximum atomic E-state index is 12.4. The van der Waals surface area contributed by atoms with Gasteiger partial charge in [-0.3, -0.25) is 4.79 Å². The highest BCUT2D eigenvalue weighted by molar-refractivity contribution is 5.94. The van der Waals surface area contributed by atoms with Crippen molar-refractivity contribution < 1.29 is 4.79 Å². The predicted molar refractivity (Wildman–Crippen MR) is 114 cm³/mol. The highest BCUT2D eigenvalue weighted by Crippen LogP contribution is 2.43. The zero-order chi connectivity index (χ0) is 19.7. The second-order valence-electron chi connectivity index (χ2n) is 9.52. The molecule has 3 fully saturated rings. The number of pyridine rings is 1. The van der Waals surface area contributed by atoms with Crippen LogP contribution in [0.2, 0.25) is 0 Å². The van der Waals surface area contributed by atoms with E-state index in [-0.39, 0.29) is 11.9 Å². The van der Waals surface area contributed by atoms with E-state index < -0.39 is 0 Å². The van der Waals surface area contributed by atoms with Crippen LogP contribution < -0.4 is 4.90 Å². The molecule has 5 nitrogen and oxygen atoms in total. The molecule has 2 aliphatic heterocycles. The summed E-state index contributed by atoms with van der Waals surface area (Å²) in [6, 6.07) is 5.06. The van der Waals surface area contributed by atoms with Gasteiger partial charge in [-0.2, -0.15) is 0 Å². The summed E-state index contributed by atoms with van der Waals surface area (Å²) in [5, 5.41) is 0. The standard InChI is InChI=1S/C23H36N4O/c1-18(2)25(3)22(28)19-7-8-21(24-17-19)27-15-11-23(12-16-27)9-13-26(14-10-23)20-5-4-6-20/h7-8,17-18,20H,4-6,9-16H2,1-3H3. The first-order chi connectivity index (χ1) is 13.5. The number of likely N-dealkylation sites (tertiary alicyclic amines) is 1. The van der Waals surface area contributed by atoms with Crippen molar-refractivity contribution in [2.24, 2.45) is 5.41 Å². The second-order valence-corrected chi connectivity index (χ2v) is 9.52. The van der Waals surface area contributed by atoms with Crippen LogP contribution in [0.25, 0.3) is 0 Å². The van der Waals surface area contributed by atoms with Gasteiger partial charge in [-0.1, -0.05) is 6.42 Å². The number of aromatic nitrogens is 1. The van der Waals surface area contributed by atoms with Crippen molar-refractivity contribution in [3.05, 3.63) is 23.9 Å². The third-order valence-electron chi connectivity index (χ3n) is 7.69. The molecule has 1 aromatic rings. The topological polar surface area (TPSA) is 39.7 Å².